The van der Waals surface area contributed by atoms with Gasteiger partial charge in [-0.25, -0.2) is 4.39 Å². The van der Waals surface area contributed by atoms with Crippen molar-refractivity contribution in [1.29, 1.82) is 0 Å². The smallest absolute Gasteiger partial charge is 0.172 e. The lowest BCUT2D eigenvalue weighted by Gasteiger charge is -2.35. The first-order valence-corrected chi connectivity index (χ1v) is 12.6. The van der Waals surface area contributed by atoms with Gasteiger partial charge >= 0.3 is 0 Å². The SMILES string of the molecule is COc1c(O)ccc2c1-c1ccc3c(c1/C(=C/c1ccc(-c4ccccc4F)cc1)O2)C(C)=CC(C)(C)N3. The van der Waals surface area contributed by atoms with Crippen LogP contribution in [0.2, 0.25) is 0 Å². The highest BCUT2D eigenvalue weighted by Crippen LogP contribution is 2.54. The van der Waals surface area contributed by atoms with Crippen molar-refractivity contribution in [3.8, 4) is 39.5 Å². The predicted octanol–water partition coefficient (Wildman–Crippen LogP) is 8.37. The van der Waals surface area contributed by atoms with E-state index in [0.29, 0.717) is 22.8 Å². The zero-order valence-electron chi connectivity index (χ0n) is 21.7. The number of phenolic OH excluding ortho intramolecular Hbond substituents is 1. The van der Waals surface area contributed by atoms with Crippen molar-refractivity contribution >= 4 is 23.1 Å². The second kappa shape index (κ2) is 8.80. The van der Waals surface area contributed by atoms with Crippen molar-refractivity contribution in [2.24, 2.45) is 0 Å². The second-order valence-electron chi connectivity index (χ2n) is 10.3. The van der Waals surface area contributed by atoms with Gasteiger partial charge in [0.1, 0.15) is 17.3 Å². The molecule has 2 heterocycles. The minimum Gasteiger partial charge on any atom is -0.504 e. The number of hydrogen-bond acceptors (Lipinski definition) is 4. The summed E-state index contributed by atoms with van der Waals surface area (Å²) < 4.78 is 26.5. The van der Waals surface area contributed by atoms with Gasteiger partial charge in [-0.1, -0.05) is 54.6 Å². The quantitative estimate of drug-likeness (QED) is 0.294. The standard InChI is InChI=1S/C33H28FNO3/c1-19-18-33(2,3)35-25-14-13-23-30(29(19)25)28(38-27-16-15-26(36)32(37-4)31(23)27)17-20-9-11-21(12-10-20)22-7-5-6-8-24(22)34/h5-18,35-36H,1-4H3/b28-17-. The molecule has 38 heavy (non-hydrogen) atoms. The average molecular weight is 506 g/mol. The molecule has 4 nitrogen and oxygen atoms in total. The molecule has 6 rings (SSSR count). The van der Waals surface area contributed by atoms with Crippen molar-refractivity contribution in [3.63, 3.8) is 0 Å². The Labute approximate surface area is 221 Å². The highest BCUT2D eigenvalue weighted by Gasteiger charge is 2.33. The Hall–Kier alpha value is -4.51. The molecule has 0 aliphatic carbocycles. The van der Waals surface area contributed by atoms with E-state index in [0.717, 1.165) is 44.6 Å². The largest absolute Gasteiger partial charge is 0.504 e. The Bertz CT molecular complexity index is 1650. The third-order valence-electron chi connectivity index (χ3n) is 7.07. The van der Waals surface area contributed by atoms with Crippen LogP contribution in [0.3, 0.4) is 0 Å². The van der Waals surface area contributed by atoms with Crippen LogP contribution in [0.15, 0.2) is 78.9 Å². The molecule has 0 aromatic heterocycles. The summed E-state index contributed by atoms with van der Waals surface area (Å²) in [6, 6.07) is 22.0. The van der Waals surface area contributed by atoms with Gasteiger partial charge < -0.3 is 19.9 Å². The fraction of sp³-hybridized carbons (Fsp3) is 0.152. The summed E-state index contributed by atoms with van der Waals surface area (Å²) in [6.45, 7) is 6.39. The molecule has 0 spiro atoms. The predicted molar refractivity (Wildman–Crippen MR) is 152 cm³/mol. The summed E-state index contributed by atoms with van der Waals surface area (Å²) in [5.74, 6) is 1.47. The fourth-order valence-electron chi connectivity index (χ4n) is 5.55. The van der Waals surface area contributed by atoms with E-state index in [-0.39, 0.29) is 17.1 Å². The number of nitrogens with one attached hydrogen (secondary N) is 1. The lowest BCUT2D eigenvalue weighted by atomic mass is 9.82. The van der Waals surface area contributed by atoms with Crippen LogP contribution in [0.5, 0.6) is 17.2 Å². The number of methoxy groups -OCH3 is 1. The molecule has 0 saturated carbocycles. The number of hydrogen-bond donors (Lipinski definition) is 2. The molecule has 0 amide bonds. The normalized spacial score (nSPS) is 15.9. The molecule has 0 bridgehead atoms. The molecule has 0 atom stereocenters. The fourth-order valence-corrected chi connectivity index (χ4v) is 5.55. The molecule has 4 aromatic carbocycles. The van der Waals surface area contributed by atoms with Gasteiger partial charge in [0.05, 0.1) is 18.2 Å². The van der Waals surface area contributed by atoms with Crippen LogP contribution in [0.25, 0.3) is 39.7 Å². The van der Waals surface area contributed by atoms with Gasteiger partial charge in [-0.3, -0.25) is 0 Å². The van der Waals surface area contributed by atoms with E-state index in [9.17, 15) is 9.50 Å². The van der Waals surface area contributed by atoms with E-state index in [1.165, 1.54) is 6.07 Å². The number of fused-ring (bicyclic) bond motifs is 5. The molecule has 0 radical (unpaired) electrons. The summed E-state index contributed by atoms with van der Waals surface area (Å²) in [6.07, 6.45) is 4.21. The molecule has 4 aromatic rings. The first-order valence-electron chi connectivity index (χ1n) is 12.6. The van der Waals surface area contributed by atoms with Gasteiger partial charge in [0.15, 0.2) is 11.5 Å². The maximum absolute atomic E-state index is 14.3. The summed E-state index contributed by atoms with van der Waals surface area (Å²) >= 11 is 0. The zero-order chi connectivity index (χ0) is 26.6. The van der Waals surface area contributed by atoms with Crippen LogP contribution in [-0.2, 0) is 0 Å². The third kappa shape index (κ3) is 3.91. The number of allylic oxidation sites excluding steroid dienone is 1. The number of anilines is 1. The van der Waals surface area contributed by atoms with Gasteiger partial charge in [0, 0.05) is 27.9 Å². The lowest BCUT2D eigenvalue weighted by Crippen LogP contribution is -2.32. The number of benzene rings is 4. The molecule has 0 fully saturated rings. The maximum atomic E-state index is 14.3. The van der Waals surface area contributed by atoms with Crippen LogP contribution < -0.4 is 14.8 Å². The summed E-state index contributed by atoms with van der Waals surface area (Å²) in [7, 11) is 1.55. The van der Waals surface area contributed by atoms with Crippen LogP contribution in [0.1, 0.15) is 37.5 Å². The number of halogens is 1. The minimum absolute atomic E-state index is 0.0567. The Balaban J connectivity index is 1.54. The van der Waals surface area contributed by atoms with E-state index in [1.807, 2.05) is 42.5 Å². The van der Waals surface area contributed by atoms with Crippen LogP contribution in [0, 0.1) is 5.82 Å². The van der Waals surface area contributed by atoms with Gasteiger partial charge in [-0.15, -0.1) is 0 Å². The molecule has 190 valence electrons. The molecule has 5 heteroatoms. The lowest BCUT2D eigenvalue weighted by molar-refractivity contribution is 0.371. The van der Waals surface area contributed by atoms with Crippen LogP contribution in [0.4, 0.5) is 10.1 Å². The van der Waals surface area contributed by atoms with E-state index in [2.05, 4.69) is 38.2 Å². The Morgan fingerprint density at radius 3 is 2.39 bits per heavy atom. The van der Waals surface area contributed by atoms with E-state index in [4.69, 9.17) is 9.47 Å². The van der Waals surface area contributed by atoms with Crippen molar-refractivity contribution in [1.82, 2.24) is 0 Å². The zero-order valence-corrected chi connectivity index (χ0v) is 21.7. The first-order chi connectivity index (χ1) is 18.3. The molecule has 0 unspecified atom stereocenters. The molecule has 2 N–H and O–H groups in total. The molecule has 0 saturated heterocycles. The first kappa shape index (κ1) is 23.9. The Morgan fingerprint density at radius 1 is 0.895 bits per heavy atom. The third-order valence-corrected chi connectivity index (χ3v) is 7.07. The maximum Gasteiger partial charge on any atom is 0.172 e. The van der Waals surface area contributed by atoms with Crippen LogP contribution in [-0.4, -0.2) is 17.8 Å². The number of rotatable bonds is 3. The van der Waals surface area contributed by atoms with Gasteiger partial charge in [0.2, 0.25) is 0 Å². The molecule has 2 aliphatic rings. The van der Waals surface area contributed by atoms with Crippen molar-refractivity contribution in [2.75, 3.05) is 12.4 Å². The Kier molecular flexibility index (Phi) is 5.53. The molecule has 2 aliphatic heterocycles. The second-order valence-corrected chi connectivity index (χ2v) is 10.3. The summed E-state index contributed by atoms with van der Waals surface area (Å²) in [5.41, 5.74) is 7.86. The van der Waals surface area contributed by atoms with Crippen molar-refractivity contribution < 1.29 is 19.0 Å². The van der Waals surface area contributed by atoms with Crippen molar-refractivity contribution in [3.05, 3.63) is 101 Å². The minimum atomic E-state index is -0.249. The Morgan fingerprint density at radius 2 is 1.66 bits per heavy atom. The van der Waals surface area contributed by atoms with E-state index in [1.54, 1.807) is 31.4 Å². The summed E-state index contributed by atoms with van der Waals surface area (Å²) in [5, 5.41) is 14.2. The average Bonchev–Trinajstić information content (AvgIpc) is 2.88. The topological polar surface area (TPSA) is 50.7 Å². The van der Waals surface area contributed by atoms with E-state index < -0.39 is 0 Å². The highest BCUT2D eigenvalue weighted by atomic mass is 19.1. The summed E-state index contributed by atoms with van der Waals surface area (Å²) in [4.78, 5) is 0. The van der Waals surface area contributed by atoms with Gasteiger partial charge in [-0.05, 0) is 67.8 Å². The number of ether oxygens (including phenoxy) is 2. The highest BCUT2D eigenvalue weighted by molar-refractivity contribution is 6.02. The van der Waals surface area contributed by atoms with Crippen molar-refractivity contribution in [2.45, 2.75) is 26.3 Å². The van der Waals surface area contributed by atoms with Gasteiger partial charge in [-0.2, -0.15) is 0 Å². The number of aromatic hydroxyl groups is 1. The monoisotopic (exact) mass is 505 g/mol. The molecular weight excluding hydrogens is 477 g/mol. The molecular formula is C33H28FNO3. The number of phenols is 1. The van der Waals surface area contributed by atoms with Gasteiger partial charge in [0.25, 0.3) is 0 Å². The van der Waals surface area contributed by atoms with Crippen LogP contribution >= 0.6 is 0 Å². The van der Waals surface area contributed by atoms with E-state index >= 15 is 0 Å².